The van der Waals surface area contributed by atoms with Gasteiger partial charge < -0.3 is 4.90 Å². The van der Waals surface area contributed by atoms with Gasteiger partial charge in [0.1, 0.15) is 0 Å². The maximum Gasteiger partial charge on any atom is 0.222 e. The highest BCUT2D eigenvalue weighted by Crippen LogP contribution is 2.23. The maximum atomic E-state index is 11.8. The molecule has 2 unspecified atom stereocenters. The Balaban J connectivity index is 2.44. The van der Waals surface area contributed by atoms with E-state index in [-0.39, 0.29) is 5.91 Å². The van der Waals surface area contributed by atoms with Crippen molar-refractivity contribution in [1.29, 1.82) is 0 Å². The zero-order valence-electron chi connectivity index (χ0n) is 9.13. The summed E-state index contributed by atoms with van der Waals surface area (Å²) in [6.07, 6.45) is 3.82. The highest BCUT2D eigenvalue weighted by molar-refractivity contribution is 6.17. The van der Waals surface area contributed by atoms with E-state index in [2.05, 4.69) is 13.8 Å². The minimum absolute atomic E-state index is 0.282. The van der Waals surface area contributed by atoms with Gasteiger partial charge in [0.2, 0.25) is 5.91 Å². The molecule has 2 nitrogen and oxygen atoms in total. The van der Waals surface area contributed by atoms with Crippen molar-refractivity contribution >= 4 is 17.5 Å². The van der Waals surface area contributed by atoms with Gasteiger partial charge in [0.15, 0.2) is 0 Å². The number of hydrogen-bond donors (Lipinski definition) is 0. The monoisotopic (exact) mass is 217 g/mol. The van der Waals surface area contributed by atoms with Crippen LogP contribution in [0.25, 0.3) is 0 Å². The highest BCUT2D eigenvalue weighted by atomic mass is 35.5. The third kappa shape index (κ3) is 2.88. The quantitative estimate of drug-likeness (QED) is 0.666. The van der Waals surface area contributed by atoms with Gasteiger partial charge in [-0.25, -0.2) is 0 Å². The molecule has 1 saturated heterocycles. The fourth-order valence-electron chi connectivity index (χ4n) is 2.05. The van der Waals surface area contributed by atoms with Gasteiger partial charge in [-0.2, -0.15) is 0 Å². The van der Waals surface area contributed by atoms with Crippen LogP contribution in [0.2, 0.25) is 0 Å². The van der Waals surface area contributed by atoms with E-state index in [1.54, 1.807) is 0 Å². The van der Waals surface area contributed by atoms with E-state index in [0.29, 0.717) is 24.3 Å². The van der Waals surface area contributed by atoms with Crippen molar-refractivity contribution in [1.82, 2.24) is 4.90 Å². The predicted octanol–water partition coefficient (Wildman–Crippen LogP) is 2.65. The van der Waals surface area contributed by atoms with E-state index >= 15 is 0 Å². The van der Waals surface area contributed by atoms with Crippen LogP contribution in [0, 0.1) is 5.92 Å². The summed E-state index contributed by atoms with van der Waals surface area (Å²) in [5.74, 6) is 1.51. The summed E-state index contributed by atoms with van der Waals surface area (Å²) >= 11 is 5.58. The Labute approximate surface area is 91.6 Å². The number of nitrogens with zero attached hydrogens (tertiary/aromatic N) is 1. The van der Waals surface area contributed by atoms with Gasteiger partial charge in [-0.05, 0) is 32.1 Å². The molecule has 0 saturated carbocycles. The van der Waals surface area contributed by atoms with Crippen LogP contribution in [0.3, 0.4) is 0 Å². The normalized spacial score (nSPS) is 27.8. The summed E-state index contributed by atoms with van der Waals surface area (Å²) in [7, 11) is 0. The van der Waals surface area contributed by atoms with E-state index in [9.17, 15) is 4.79 Å². The number of rotatable bonds is 3. The molecule has 0 aromatic carbocycles. The number of likely N-dealkylation sites (tertiary alicyclic amines) is 1. The van der Waals surface area contributed by atoms with E-state index < -0.39 is 0 Å². The molecule has 1 amide bonds. The first kappa shape index (κ1) is 11.8. The molecule has 0 N–H and O–H groups in total. The van der Waals surface area contributed by atoms with E-state index in [4.69, 9.17) is 11.6 Å². The summed E-state index contributed by atoms with van der Waals surface area (Å²) < 4.78 is 0. The SMILES string of the molecule is CC1CCCN(C(=O)CCCCl)C1C. The zero-order chi connectivity index (χ0) is 10.6. The summed E-state index contributed by atoms with van der Waals surface area (Å²) in [5.41, 5.74) is 0. The molecule has 1 aliphatic rings. The van der Waals surface area contributed by atoms with Gasteiger partial charge >= 0.3 is 0 Å². The standard InChI is InChI=1S/C11H20ClNO/c1-9-5-4-8-13(10(9)2)11(14)6-3-7-12/h9-10H,3-8H2,1-2H3. The molecule has 0 aromatic heterocycles. The first-order valence-electron chi connectivity index (χ1n) is 5.52. The van der Waals surface area contributed by atoms with Gasteiger partial charge in [-0.15, -0.1) is 11.6 Å². The smallest absolute Gasteiger partial charge is 0.222 e. The Morgan fingerprint density at radius 1 is 1.50 bits per heavy atom. The van der Waals surface area contributed by atoms with Gasteiger partial charge in [0.05, 0.1) is 0 Å². The number of carbonyl (C=O) groups is 1. The van der Waals surface area contributed by atoms with E-state index in [1.165, 1.54) is 6.42 Å². The molecule has 0 radical (unpaired) electrons. The molecular weight excluding hydrogens is 198 g/mol. The van der Waals surface area contributed by atoms with Crippen LogP contribution in [0.4, 0.5) is 0 Å². The lowest BCUT2D eigenvalue weighted by Gasteiger charge is -2.38. The number of halogens is 1. The zero-order valence-corrected chi connectivity index (χ0v) is 9.89. The Hall–Kier alpha value is -0.240. The van der Waals surface area contributed by atoms with Gasteiger partial charge in [0, 0.05) is 24.9 Å². The minimum Gasteiger partial charge on any atom is -0.340 e. The molecule has 1 fully saturated rings. The summed E-state index contributed by atoms with van der Waals surface area (Å²) in [6.45, 7) is 5.32. The van der Waals surface area contributed by atoms with Crippen LogP contribution < -0.4 is 0 Å². The Bertz CT molecular complexity index is 196. The lowest BCUT2D eigenvalue weighted by molar-refractivity contribution is -0.135. The Kier molecular flexibility index (Phi) is 4.73. The van der Waals surface area contributed by atoms with Crippen LogP contribution in [0.1, 0.15) is 39.5 Å². The summed E-state index contributed by atoms with van der Waals surface area (Å²) in [5, 5.41) is 0. The fourth-order valence-corrected chi connectivity index (χ4v) is 2.18. The van der Waals surface area contributed by atoms with Crippen molar-refractivity contribution < 1.29 is 4.79 Å². The number of alkyl halides is 1. The van der Waals surface area contributed by atoms with Crippen molar-refractivity contribution in [2.24, 2.45) is 5.92 Å². The Morgan fingerprint density at radius 2 is 2.21 bits per heavy atom. The summed E-state index contributed by atoms with van der Waals surface area (Å²) in [4.78, 5) is 13.8. The third-order valence-corrected chi connectivity index (χ3v) is 3.49. The van der Waals surface area contributed by atoms with Crippen LogP contribution in [0.15, 0.2) is 0 Å². The molecule has 14 heavy (non-hydrogen) atoms. The first-order valence-corrected chi connectivity index (χ1v) is 6.05. The van der Waals surface area contributed by atoms with Crippen molar-refractivity contribution in [2.45, 2.75) is 45.6 Å². The van der Waals surface area contributed by atoms with Crippen LogP contribution in [-0.4, -0.2) is 29.3 Å². The Morgan fingerprint density at radius 3 is 2.86 bits per heavy atom. The van der Waals surface area contributed by atoms with Crippen LogP contribution in [0.5, 0.6) is 0 Å². The lowest BCUT2D eigenvalue weighted by atomic mass is 9.92. The van der Waals surface area contributed by atoms with Gasteiger partial charge in [-0.1, -0.05) is 6.92 Å². The maximum absolute atomic E-state index is 11.8. The molecule has 0 aliphatic carbocycles. The molecule has 0 spiro atoms. The van der Waals surface area contributed by atoms with Gasteiger partial charge in [-0.3, -0.25) is 4.79 Å². The molecule has 1 aliphatic heterocycles. The average molecular weight is 218 g/mol. The number of piperidine rings is 1. The molecule has 0 aromatic rings. The molecule has 3 heteroatoms. The van der Waals surface area contributed by atoms with Crippen molar-refractivity contribution in [3.05, 3.63) is 0 Å². The van der Waals surface area contributed by atoms with Crippen LogP contribution >= 0.6 is 11.6 Å². The van der Waals surface area contributed by atoms with Crippen LogP contribution in [-0.2, 0) is 4.79 Å². The second-order valence-corrected chi connectivity index (χ2v) is 4.62. The lowest BCUT2D eigenvalue weighted by Crippen LogP contribution is -2.45. The molecule has 1 rings (SSSR count). The molecule has 2 atom stereocenters. The summed E-state index contributed by atoms with van der Waals surface area (Å²) in [6, 6.07) is 0.409. The largest absolute Gasteiger partial charge is 0.340 e. The fraction of sp³-hybridized carbons (Fsp3) is 0.909. The first-order chi connectivity index (χ1) is 6.66. The molecule has 82 valence electrons. The number of amides is 1. The molecule has 1 heterocycles. The van der Waals surface area contributed by atoms with E-state index in [1.807, 2.05) is 4.90 Å². The second-order valence-electron chi connectivity index (χ2n) is 4.24. The molecular formula is C11H20ClNO. The number of hydrogen-bond acceptors (Lipinski definition) is 1. The second kappa shape index (κ2) is 5.59. The highest BCUT2D eigenvalue weighted by Gasteiger charge is 2.27. The molecule has 0 bridgehead atoms. The van der Waals surface area contributed by atoms with Crippen molar-refractivity contribution in [2.75, 3.05) is 12.4 Å². The predicted molar refractivity (Wildman–Crippen MR) is 59.5 cm³/mol. The number of carbonyl (C=O) groups excluding carboxylic acids is 1. The average Bonchev–Trinajstić information content (AvgIpc) is 2.18. The van der Waals surface area contributed by atoms with Crippen molar-refractivity contribution in [3.63, 3.8) is 0 Å². The topological polar surface area (TPSA) is 20.3 Å². The third-order valence-electron chi connectivity index (χ3n) is 3.22. The van der Waals surface area contributed by atoms with Gasteiger partial charge in [0.25, 0.3) is 0 Å². The van der Waals surface area contributed by atoms with E-state index in [0.717, 1.165) is 19.4 Å². The minimum atomic E-state index is 0.282. The van der Waals surface area contributed by atoms with Crippen molar-refractivity contribution in [3.8, 4) is 0 Å².